The summed E-state index contributed by atoms with van der Waals surface area (Å²) in [5.74, 6) is 1.45. The molecule has 0 saturated carbocycles. The topological polar surface area (TPSA) is 24.4 Å². The molecule has 0 saturated heterocycles. The van der Waals surface area contributed by atoms with Gasteiger partial charge < -0.3 is 5.32 Å². The van der Waals surface area contributed by atoms with Crippen LogP contribution in [0.1, 0.15) is 25.8 Å². The molecule has 1 unspecified atom stereocenters. The van der Waals surface area contributed by atoms with Crippen molar-refractivity contribution in [1.29, 1.82) is 0 Å². The summed E-state index contributed by atoms with van der Waals surface area (Å²) >= 11 is 7.47. The molecule has 21 heavy (non-hydrogen) atoms. The van der Waals surface area contributed by atoms with Gasteiger partial charge in [0.25, 0.3) is 0 Å². The summed E-state index contributed by atoms with van der Waals surface area (Å²) in [4.78, 5) is 4.52. The van der Waals surface area contributed by atoms with Crippen LogP contribution in [0.4, 0.5) is 18.9 Å². The number of aliphatic imine (C=N–C) groups is 1. The third-order valence-electron chi connectivity index (χ3n) is 2.99. The first kappa shape index (κ1) is 16.5. The molecule has 1 N–H and O–H groups in total. The second-order valence-electron chi connectivity index (χ2n) is 5.35. The van der Waals surface area contributed by atoms with E-state index in [-0.39, 0.29) is 11.1 Å². The molecular formula is C14H16ClF3N2S. The van der Waals surface area contributed by atoms with Crippen LogP contribution in [-0.4, -0.2) is 17.0 Å². The van der Waals surface area contributed by atoms with Crippen molar-refractivity contribution < 1.29 is 13.2 Å². The van der Waals surface area contributed by atoms with Crippen molar-refractivity contribution in [3.8, 4) is 0 Å². The Morgan fingerprint density at radius 3 is 2.71 bits per heavy atom. The lowest BCUT2D eigenvalue weighted by Crippen LogP contribution is -2.09. The highest BCUT2D eigenvalue weighted by atomic mass is 35.5. The standard InChI is InChI=1S/C14H16ClF3N2S/c1-8(2)5-10-7-21-13(19-10)20-12-4-3-9(6-11(12)15)14(16,17)18/h3-4,6,8,10H,5,7H2,1-2H3,(H,19,20). The summed E-state index contributed by atoms with van der Waals surface area (Å²) in [6, 6.07) is 3.53. The first-order valence-electron chi connectivity index (χ1n) is 6.60. The number of thioether (sulfide) groups is 1. The lowest BCUT2D eigenvalue weighted by molar-refractivity contribution is -0.137. The highest BCUT2D eigenvalue weighted by Crippen LogP contribution is 2.34. The Labute approximate surface area is 131 Å². The van der Waals surface area contributed by atoms with Gasteiger partial charge in [-0.15, -0.1) is 0 Å². The lowest BCUT2D eigenvalue weighted by atomic mass is 10.1. The second-order valence-corrected chi connectivity index (χ2v) is 6.76. The molecular weight excluding hydrogens is 321 g/mol. The minimum Gasteiger partial charge on any atom is -0.334 e. The van der Waals surface area contributed by atoms with Crippen LogP contribution >= 0.6 is 23.4 Å². The van der Waals surface area contributed by atoms with E-state index in [9.17, 15) is 13.2 Å². The van der Waals surface area contributed by atoms with Gasteiger partial charge >= 0.3 is 6.18 Å². The Balaban J connectivity index is 2.07. The number of nitrogens with one attached hydrogen (secondary N) is 1. The van der Waals surface area contributed by atoms with Crippen LogP contribution in [0.25, 0.3) is 0 Å². The molecule has 0 amide bonds. The molecule has 1 atom stereocenters. The number of alkyl halides is 3. The van der Waals surface area contributed by atoms with Gasteiger partial charge in [-0.1, -0.05) is 37.2 Å². The van der Waals surface area contributed by atoms with Gasteiger partial charge in [-0.25, -0.2) is 0 Å². The normalized spacial score (nSPS) is 19.0. The fourth-order valence-electron chi connectivity index (χ4n) is 2.06. The molecule has 0 aliphatic carbocycles. The summed E-state index contributed by atoms with van der Waals surface area (Å²) in [6.45, 7) is 4.27. The quantitative estimate of drug-likeness (QED) is 0.811. The number of halogens is 4. The zero-order valence-electron chi connectivity index (χ0n) is 11.7. The van der Waals surface area contributed by atoms with Crippen LogP contribution in [0.15, 0.2) is 23.2 Å². The largest absolute Gasteiger partial charge is 0.416 e. The molecule has 1 aliphatic rings. The van der Waals surface area contributed by atoms with Crippen molar-refractivity contribution in [3.05, 3.63) is 28.8 Å². The van der Waals surface area contributed by atoms with Crippen molar-refractivity contribution in [2.75, 3.05) is 11.1 Å². The SMILES string of the molecule is CC(C)CC1CSC(Nc2ccc(C(F)(F)F)cc2Cl)=N1. The van der Waals surface area contributed by atoms with E-state index in [1.807, 2.05) is 0 Å². The Morgan fingerprint density at radius 1 is 1.43 bits per heavy atom. The van der Waals surface area contributed by atoms with Crippen molar-refractivity contribution in [3.63, 3.8) is 0 Å². The van der Waals surface area contributed by atoms with E-state index in [0.29, 0.717) is 16.8 Å². The fourth-order valence-corrected chi connectivity index (χ4v) is 3.25. The smallest absolute Gasteiger partial charge is 0.334 e. The van der Waals surface area contributed by atoms with E-state index in [1.54, 1.807) is 11.8 Å². The van der Waals surface area contributed by atoms with Gasteiger partial charge in [0.1, 0.15) is 0 Å². The number of amidine groups is 1. The van der Waals surface area contributed by atoms with Crippen molar-refractivity contribution >= 4 is 34.2 Å². The Morgan fingerprint density at radius 2 is 2.14 bits per heavy atom. The Kier molecular flexibility index (Phi) is 5.09. The minimum atomic E-state index is -4.38. The zero-order chi connectivity index (χ0) is 15.6. The summed E-state index contributed by atoms with van der Waals surface area (Å²) in [7, 11) is 0. The van der Waals surface area contributed by atoms with Crippen LogP contribution < -0.4 is 5.32 Å². The van der Waals surface area contributed by atoms with Gasteiger partial charge in [0.05, 0.1) is 22.3 Å². The number of anilines is 1. The minimum absolute atomic E-state index is 0.0421. The molecule has 0 bridgehead atoms. The van der Waals surface area contributed by atoms with E-state index >= 15 is 0 Å². The van der Waals surface area contributed by atoms with Crippen LogP contribution in [0.5, 0.6) is 0 Å². The predicted molar refractivity (Wildman–Crippen MR) is 83.2 cm³/mol. The summed E-state index contributed by atoms with van der Waals surface area (Å²) in [5, 5.41) is 3.76. The third-order valence-corrected chi connectivity index (χ3v) is 4.34. The first-order chi connectivity index (χ1) is 9.75. The van der Waals surface area contributed by atoms with Gasteiger partial charge in [0, 0.05) is 5.75 Å². The van der Waals surface area contributed by atoms with Crippen LogP contribution in [-0.2, 0) is 6.18 Å². The summed E-state index contributed by atoms with van der Waals surface area (Å²) < 4.78 is 37.7. The molecule has 7 heteroatoms. The maximum Gasteiger partial charge on any atom is 0.416 e. The van der Waals surface area contributed by atoms with Gasteiger partial charge in [0.15, 0.2) is 5.17 Å². The van der Waals surface area contributed by atoms with E-state index < -0.39 is 11.7 Å². The monoisotopic (exact) mass is 336 g/mol. The molecule has 1 heterocycles. The molecule has 0 aromatic heterocycles. The van der Waals surface area contributed by atoms with Crippen LogP contribution in [0.3, 0.4) is 0 Å². The zero-order valence-corrected chi connectivity index (χ0v) is 13.2. The Hall–Kier alpha value is -0.880. The highest BCUT2D eigenvalue weighted by Gasteiger charge is 2.31. The predicted octanol–water partition coefficient (Wildman–Crippen LogP) is 5.29. The van der Waals surface area contributed by atoms with Gasteiger partial charge in [0.2, 0.25) is 0 Å². The van der Waals surface area contributed by atoms with Crippen LogP contribution in [0, 0.1) is 5.92 Å². The molecule has 0 radical (unpaired) electrons. The van der Waals surface area contributed by atoms with Crippen molar-refractivity contribution in [2.24, 2.45) is 10.9 Å². The number of hydrogen-bond acceptors (Lipinski definition) is 3. The van der Waals surface area contributed by atoms with Gasteiger partial charge in [-0.05, 0) is 30.5 Å². The molecule has 116 valence electrons. The number of nitrogens with zero attached hydrogens (tertiary/aromatic N) is 1. The summed E-state index contributed by atoms with van der Waals surface area (Å²) in [5.41, 5.74) is -0.308. The van der Waals surface area contributed by atoms with E-state index in [2.05, 4.69) is 24.2 Å². The molecule has 1 aromatic rings. The second kappa shape index (κ2) is 6.48. The molecule has 1 aromatic carbocycles. The van der Waals surface area contributed by atoms with Gasteiger partial charge in [-0.2, -0.15) is 13.2 Å². The van der Waals surface area contributed by atoms with E-state index in [4.69, 9.17) is 11.6 Å². The van der Waals surface area contributed by atoms with Crippen molar-refractivity contribution in [2.45, 2.75) is 32.5 Å². The third kappa shape index (κ3) is 4.54. The van der Waals surface area contributed by atoms with E-state index in [1.165, 1.54) is 6.07 Å². The maximum absolute atomic E-state index is 12.6. The number of benzene rings is 1. The number of rotatable bonds is 3. The molecule has 1 aliphatic heterocycles. The highest BCUT2D eigenvalue weighted by molar-refractivity contribution is 8.14. The average molecular weight is 337 g/mol. The summed E-state index contributed by atoms with van der Waals surface area (Å²) in [6.07, 6.45) is -3.39. The van der Waals surface area contributed by atoms with Crippen molar-refractivity contribution in [1.82, 2.24) is 0 Å². The Bertz CT molecular complexity index is 544. The fraction of sp³-hybridized carbons (Fsp3) is 0.500. The lowest BCUT2D eigenvalue weighted by Gasteiger charge is -2.11. The maximum atomic E-state index is 12.6. The molecule has 2 rings (SSSR count). The first-order valence-corrected chi connectivity index (χ1v) is 7.96. The molecule has 0 spiro atoms. The number of hydrogen-bond donors (Lipinski definition) is 1. The van der Waals surface area contributed by atoms with E-state index in [0.717, 1.165) is 24.3 Å². The van der Waals surface area contributed by atoms with Crippen LogP contribution in [0.2, 0.25) is 5.02 Å². The van der Waals surface area contributed by atoms with Gasteiger partial charge in [-0.3, -0.25) is 4.99 Å². The molecule has 2 nitrogen and oxygen atoms in total. The average Bonchev–Trinajstić information content (AvgIpc) is 2.77. The molecule has 0 fully saturated rings.